The van der Waals surface area contributed by atoms with Gasteiger partial charge < -0.3 is 15.4 Å². The maximum atomic E-state index is 12.1. The first-order valence-electron chi connectivity index (χ1n) is 6.50. The SMILES string of the molecule is CC(=O)c1c[nH]c(C(=O)NC(C)c2nc(C)c(C(=O)O)s2)c1. The van der Waals surface area contributed by atoms with Crippen molar-refractivity contribution < 1.29 is 19.5 Å². The fraction of sp³-hybridized carbons (Fsp3) is 0.286. The number of Topliss-reactive ketones (excluding diaryl/α,β-unsaturated/α-hetero) is 1. The van der Waals surface area contributed by atoms with Crippen LogP contribution in [0.15, 0.2) is 12.3 Å². The molecule has 2 heterocycles. The summed E-state index contributed by atoms with van der Waals surface area (Å²) in [4.78, 5) is 41.4. The number of nitrogens with one attached hydrogen (secondary N) is 2. The lowest BCUT2D eigenvalue weighted by atomic mass is 10.2. The first-order valence-corrected chi connectivity index (χ1v) is 7.32. The third kappa shape index (κ3) is 3.22. The summed E-state index contributed by atoms with van der Waals surface area (Å²) in [6.45, 7) is 4.75. The molecule has 2 aromatic rings. The molecule has 0 spiro atoms. The molecule has 1 atom stereocenters. The molecule has 2 aromatic heterocycles. The van der Waals surface area contributed by atoms with Gasteiger partial charge in [0.15, 0.2) is 5.78 Å². The molecule has 2 rings (SSSR count). The van der Waals surface area contributed by atoms with Gasteiger partial charge in [-0.05, 0) is 26.8 Å². The Kier molecular flexibility index (Phi) is 4.41. The summed E-state index contributed by atoms with van der Waals surface area (Å²) in [5.41, 5.74) is 1.12. The van der Waals surface area contributed by atoms with Gasteiger partial charge in [0.05, 0.1) is 11.7 Å². The Hall–Kier alpha value is -2.48. The topological polar surface area (TPSA) is 112 Å². The minimum absolute atomic E-state index is 0.134. The molecular weight excluding hydrogens is 306 g/mol. The monoisotopic (exact) mass is 321 g/mol. The van der Waals surface area contributed by atoms with Gasteiger partial charge in [-0.2, -0.15) is 0 Å². The van der Waals surface area contributed by atoms with Crippen LogP contribution < -0.4 is 5.32 Å². The number of aromatic amines is 1. The molecule has 0 aromatic carbocycles. The Morgan fingerprint density at radius 2 is 2.09 bits per heavy atom. The molecule has 0 bridgehead atoms. The fourth-order valence-corrected chi connectivity index (χ4v) is 2.77. The van der Waals surface area contributed by atoms with Crippen LogP contribution in [0.3, 0.4) is 0 Å². The number of hydrogen-bond donors (Lipinski definition) is 3. The van der Waals surface area contributed by atoms with E-state index in [0.717, 1.165) is 11.3 Å². The number of ketones is 1. The molecule has 0 radical (unpaired) electrons. The van der Waals surface area contributed by atoms with E-state index in [1.54, 1.807) is 13.8 Å². The predicted molar refractivity (Wildman–Crippen MR) is 80.5 cm³/mol. The van der Waals surface area contributed by atoms with E-state index < -0.39 is 12.0 Å². The number of hydrogen-bond acceptors (Lipinski definition) is 5. The maximum Gasteiger partial charge on any atom is 0.347 e. The van der Waals surface area contributed by atoms with E-state index in [2.05, 4.69) is 15.3 Å². The van der Waals surface area contributed by atoms with Crippen molar-refractivity contribution in [3.05, 3.63) is 39.1 Å². The number of carbonyl (C=O) groups is 3. The van der Waals surface area contributed by atoms with Crippen molar-refractivity contribution in [3.8, 4) is 0 Å². The van der Waals surface area contributed by atoms with Gasteiger partial charge in [-0.15, -0.1) is 11.3 Å². The van der Waals surface area contributed by atoms with E-state index in [1.807, 2.05) is 0 Å². The normalized spacial score (nSPS) is 12.0. The van der Waals surface area contributed by atoms with Crippen LogP contribution in [0.4, 0.5) is 0 Å². The second kappa shape index (κ2) is 6.10. The molecule has 0 aliphatic heterocycles. The molecule has 1 amide bonds. The average Bonchev–Trinajstić information content (AvgIpc) is 3.04. The van der Waals surface area contributed by atoms with Crippen LogP contribution in [0, 0.1) is 6.92 Å². The van der Waals surface area contributed by atoms with Gasteiger partial charge in [-0.3, -0.25) is 9.59 Å². The molecule has 7 nitrogen and oxygen atoms in total. The molecule has 0 saturated heterocycles. The Morgan fingerprint density at radius 1 is 1.41 bits per heavy atom. The van der Waals surface area contributed by atoms with Crippen LogP contribution in [0.1, 0.15) is 61.1 Å². The van der Waals surface area contributed by atoms with E-state index in [1.165, 1.54) is 19.2 Å². The van der Waals surface area contributed by atoms with Gasteiger partial charge in [0.1, 0.15) is 15.6 Å². The van der Waals surface area contributed by atoms with Crippen molar-refractivity contribution in [1.82, 2.24) is 15.3 Å². The number of thiazole rings is 1. The number of rotatable bonds is 5. The lowest BCUT2D eigenvalue weighted by Crippen LogP contribution is -2.26. The molecule has 1 unspecified atom stereocenters. The van der Waals surface area contributed by atoms with Gasteiger partial charge in [0.25, 0.3) is 5.91 Å². The summed E-state index contributed by atoms with van der Waals surface area (Å²) in [5.74, 6) is -1.55. The predicted octanol–water partition coefficient (Wildman–Crippen LogP) is 2.17. The van der Waals surface area contributed by atoms with Crippen LogP contribution in [0.25, 0.3) is 0 Å². The zero-order valence-corrected chi connectivity index (χ0v) is 13.1. The number of carboxylic acid groups (broad SMARTS) is 1. The maximum absolute atomic E-state index is 12.1. The number of nitrogens with zero attached hydrogens (tertiary/aromatic N) is 1. The second-order valence-electron chi connectivity index (χ2n) is 4.83. The van der Waals surface area contributed by atoms with Crippen molar-refractivity contribution in [2.45, 2.75) is 26.8 Å². The Labute approximate surface area is 130 Å². The summed E-state index contributed by atoms with van der Waals surface area (Å²) < 4.78 is 0. The van der Waals surface area contributed by atoms with Crippen LogP contribution in [0.2, 0.25) is 0 Å². The highest BCUT2D eigenvalue weighted by Crippen LogP contribution is 2.23. The van der Waals surface area contributed by atoms with Gasteiger partial charge in [-0.1, -0.05) is 0 Å². The molecule has 0 fully saturated rings. The Bertz CT molecular complexity index is 747. The number of amides is 1. The summed E-state index contributed by atoms with van der Waals surface area (Å²) >= 11 is 1.03. The molecule has 8 heteroatoms. The van der Waals surface area contributed by atoms with Crippen molar-refractivity contribution in [1.29, 1.82) is 0 Å². The largest absolute Gasteiger partial charge is 0.477 e. The highest BCUT2D eigenvalue weighted by molar-refractivity contribution is 7.13. The average molecular weight is 321 g/mol. The molecule has 0 aliphatic carbocycles. The lowest BCUT2D eigenvalue weighted by Gasteiger charge is -2.10. The number of aryl methyl sites for hydroxylation is 1. The summed E-state index contributed by atoms with van der Waals surface area (Å²) in [6.07, 6.45) is 1.47. The third-order valence-corrected chi connectivity index (χ3v) is 4.39. The second-order valence-corrected chi connectivity index (χ2v) is 5.86. The highest BCUT2D eigenvalue weighted by atomic mass is 32.1. The molecule has 116 valence electrons. The van der Waals surface area contributed by atoms with Crippen LogP contribution in [0.5, 0.6) is 0 Å². The molecule has 22 heavy (non-hydrogen) atoms. The van der Waals surface area contributed by atoms with Crippen molar-refractivity contribution in [3.63, 3.8) is 0 Å². The third-order valence-electron chi connectivity index (χ3n) is 3.06. The quantitative estimate of drug-likeness (QED) is 0.731. The number of carboxylic acids is 1. The summed E-state index contributed by atoms with van der Waals surface area (Å²) in [6, 6.07) is 1.04. The van der Waals surface area contributed by atoms with E-state index in [4.69, 9.17) is 5.11 Å². The summed E-state index contributed by atoms with van der Waals surface area (Å²) in [7, 11) is 0. The van der Waals surface area contributed by atoms with Crippen molar-refractivity contribution >= 4 is 29.0 Å². The highest BCUT2D eigenvalue weighted by Gasteiger charge is 2.20. The first kappa shape index (κ1) is 15.9. The Morgan fingerprint density at radius 3 is 2.59 bits per heavy atom. The van der Waals surface area contributed by atoms with Crippen molar-refractivity contribution in [2.75, 3.05) is 0 Å². The van der Waals surface area contributed by atoms with E-state index in [9.17, 15) is 14.4 Å². The standard InChI is InChI=1S/C14H15N3O4S/c1-6-11(14(20)21)22-13(17-6)7(2)16-12(19)10-4-9(5-15-10)8(3)18/h4-5,7,15H,1-3H3,(H,16,19)(H,20,21). The van der Waals surface area contributed by atoms with E-state index in [0.29, 0.717) is 16.3 Å². The molecule has 3 N–H and O–H groups in total. The van der Waals surface area contributed by atoms with Gasteiger partial charge >= 0.3 is 5.97 Å². The minimum Gasteiger partial charge on any atom is -0.477 e. The van der Waals surface area contributed by atoms with Gasteiger partial charge in [0.2, 0.25) is 0 Å². The van der Waals surface area contributed by atoms with Crippen LogP contribution in [-0.2, 0) is 0 Å². The molecule has 0 saturated carbocycles. The molecule has 0 aliphatic rings. The van der Waals surface area contributed by atoms with E-state index >= 15 is 0 Å². The van der Waals surface area contributed by atoms with Gasteiger partial charge in [-0.25, -0.2) is 9.78 Å². The van der Waals surface area contributed by atoms with E-state index in [-0.39, 0.29) is 22.3 Å². The molecular formula is C14H15N3O4S. The zero-order valence-electron chi connectivity index (χ0n) is 12.3. The number of H-pyrrole nitrogens is 1. The van der Waals surface area contributed by atoms with Crippen LogP contribution >= 0.6 is 11.3 Å². The Balaban J connectivity index is 2.12. The smallest absolute Gasteiger partial charge is 0.347 e. The number of aromatic nitrogens is 2. The zero-order chi connectivity index (χ0) is 16.4. The van der Waals surface area contributed by atoms with Crippen molar-refractivity contribution in [2.24, 2.45) is 0 Å². The minimum atomic E-state index is -1.03. The lowest BCUT2D eigenvalue weighted by molar-refractivity contribution is 0.0700. The fourth-order valence-electron chi connectivity index (χ4n) is 1.87. The number of carbonyl (C=O) groups excluding carboxylic acids is 2. The van der Waals surface area contributed by atoms with Crippen LogP contribution in [-0.4, -0.2) is 32.7 Å². The first-order chi connectivity index (χ1) is 10.3. The number of aromatic carboxylic acids is 1. The summed E-state index contributed by atoms with van der Waals surface area (Å²) in [5, 5.41) is 12.3. The van der Waals surface area contributed by atoms with Gasteiger partial charge in [0, 0.05) is 11.8 Å².